The van der Waals surface area contributed by atoms with Gasteiger partial charge < -0.3 is 5.32 Å². The fourth-order valence-corrected chi connectivity index (χ4v) is 1.91. The number of anilines is 1. The lowest BCUT2D eigenvalue weighted by Gasteiger charge is -2.03. The highest BCUT2D eigenvalue weighted by Gasteiger charge is 2.05. The average molecular weight is 310 g/mol. The Morgan fingerprint density at radius 3 is 2.57 bits per heavy atom. The summed E-state index contributed by atoms with van der Waals surface area (Å²) < 4.78 is 0. The molecule has 0 aromatic heterocycles. The molecule has 0 radical (unpaired) electrons. The summed E-state index contributed by atoms with van der Waals surface area (Å²) in [6.07, 6.45) is 2.76. The van der Waals surface area contributed by atoms with Crippen molar-refractivity contribution in [2.45, 2.75) is 6.92 Å². The minimum Gasteiger partial charge on any atom is -0.322 e. The van der Waals surface area contributed by atoms with E-state index in [1.54, 1.807) is 36.4 Å². The number of carbonyl (C=O) groups is 2. The van der Waals surface area contributed by atoms with Gasteiger partial charge in [-0.05, 0) is 30.7 Å². The number of nitro groups is 1. The topological polar surface area (TPSA) is 89.3 Å². The SMILES string of the molecule is CC(=O)c1cccc(NC(=O)C=Cc2cccc([N+](=O)[O-])c2)c1. The maximum atomic E-state index is 11.9. The van der Waals surface area contributed by atoms with Crippen molar-refractivity contribution in [2.75, 3.05) is 5.32 Å². The van der Waals surface area contributed by atoms with E-state index in [0.29, 0.717) is 16.8 Å². The number of hydrogen-bond donors (Lipinski definition) is 1. The molecule has 0 aliphatic rings. The van der Waals surface area contributed by atoms with Crippen LogP contribution in [0.2, 0.25) is 0 Å². The molecule has 0 unspecified atom stereocenters. The molecule has 0 saturated heterocycles. The molecule has 23 heavy (non-hydrogen) atoms. The molecule has 0 aliphatic carbocycles. The Labute approximate surface area is 132 Å². The van der Waals surface area contributed by atoms with Crippen LogP contribution < -0.4 is 5.32 Å². The lowest BCUT2D eigenvalue weighted by molar-refractivity contribution is -0.384. The minimum absolute atomic E-state index is 0.0401. The van der Waals surface area contributed by atoms with E-state index in [1.807, 2.05) is 0 Å². The Bertz CT molecular complexity index is 797. The smallest absolute Gasteiger partial charge is 0.270 e. The normalized spacial score (nSPS) is 10.5. The van der Waals surface area contributed by atoms with Gasteiger partial charge in [-0.1, -0.05) is 24.3 Å². The van der Waals surface area contributed by atoms with Crippen molar-refractivity contribution in [3.05, 3.63) is 75.8 Å². The third kappa shape index (κ3) is 4.60. The van der Waals surface area contributed by atoms with Crippen LogP contribution in [0.4, 0.5) is 11.4 Å². The highest BCUT2D eigenvalue weighted by atomic mass is 16.6. The van der Waals surface area contributed by atoms with Gasteiger partial charge in [0.25, 0.3) is 5.69 Å². The fraction of sp³-hybridized carbons (Fsp3) is 0.0588. The molecule has 2 rings (SSSR count). The Morgan fingerprint density at radius 2 is 1.87 bits per heavy atom. The number of amides is 1. The van der Waals surface area contributed by atoms with Crippen molar-refractivity contribution in [1.82, 2.24) is 0 Å². The number of nitrogens with zero attached hydrogens (tertiary/aromatic N) is 1. The molecular weight excluding hydrogens is 296 g/mol. The van der Waals surface area contributed by atoms with Crippen molar-refractivity contribution in [1.29, 1.82) is 0 Å². The van der Waals surface area contributed by atoms with Gasteiger partial charge >= 0.3 is 0 Å². The lowest BCUT2D eigenvalue weighted by atomic mass is 10.1. The van der Waals surface area contributed by atoms with Gasteiger partial charge in [-0.2, -0.15) is 0 Å². The zero-order valence-electron chi connectivity index (χ0n) is 12.4. The first-order chi connectivity index (χ1) is 11.0. The highest BCUT2D eigenvalue weighted by molar-refractivity contribution is 6.03. The number of carbonyl (C=O) groups excluding carboxylic acids is 2. The highest BCUT2D eigenvalue weighted by Crippen LogP contribution is 2.15. The lowest BCUT2D eigenvalue weighted by Crippen LogP contribution is -2.08. The molecule has 0 fully saturated rings. The van der Waals surface area contributed by atoms with Crippen molar-refractivity contribution in [3.63, 3.8) is 0 Å². The second-order valence-corrected chi connectivity index (χ2v) is 4.81. The first-order valence-electron chi connectivity index (χ1n) is 6.80. The van der Waals surface area contributed by atoms with E-state index in [9.17, 15) is 19.7 Å². The van der Waals surface area contributed by atoms with Gasteiger partial charge in [0.05, 0.1) is 4.92 Å². The summed E-state index contributed by atoms with van der Waals surface area (Å²) in [4.78, 5) is 33.4. The van der Waals surface area contributed by atoms with Crippen molar-refractivity contribution in [3.8, 4) is 0 Å². The Hall–Kier alpha value is -3.28. The van der Waals surface area contributed by atoms with Crippen molar-refractivity contribution >= 4 is 29.1 Å². The van der Waals surface area contributed by atoms with Gasteiger partial charge in [-0.15, -0.1) is 0 Å². The summed E-state index contributed by atoms with van der Waals surface area (Å²) in [5, 5.41) is 13.3. The van der Waals surface area contributed by atoms with Crippen LogP contribution in [0, 0.1) is 10.1 Å². The van der Waals surface area contributed by atoms with Crippen LogP contribution in [-0.2, 0) is 4.79 Å². The first-order valence-corrected chi connectivity index (χ1v) is 6.80. The van der Waals surface area contributed by atoms with Gasteiger partial charge in [0.15, 0.2) is 5.78 Å². The summed E-state index contributed by atoms with van der Waals surface area (Å²) in [5.41, 5.74) is 1.52. The van der Waals surface area contributed by atoms with E-state index < -0.39 is 10.8 Å². The van der Waals surface area contributed by atoms with E-state index in [2.05, 4.69) is 5.32 Å². The van der Waals surface area contributed by atoms with Gasteiger partial charge in [0, 0.05) is 29.5 Å². The summed E-state index contributed by atoms with van der Waals surface area (Å²) >= 11 is 0. The van der Waals surface area contributed by atoms with Crippen molar-refractivity contribution in [2.24, 2.45) is 0 Å². The molecule has 2 aromatic carbocycles. The second kappa shape index (κ2) is 7.13. The average Bonchev–Trinajstić information content (AvgIpc) is 2.53. The molecule has 0 atom stereocenters. The minimum atomic E-state index is -0.495. The number of ketones is 1. The predicted octanol–water partition coefficient (Wildman–Crippen LogP) is 3.45. The van der Waals surface area contributed by atoms with Crippen LogP contribution >= 0.6 is 0 Å². The van der Waals surface area contributed by atoms with Gasteiger partial charge in [0.2, 0.25) is 5.91 Å². The molecule has 0 bridgehead atoms. The molecule has 1 N–H and O–H groups in total. The quantitative estimate of drug-likeness (QED) is 0.396. The molecule has 0 heterocycles. The molecule has 116 valence electrons. The van der Waals surface area contributed by atoms with Gasteiger partial charge in [0.1, 0.15) is 0 Å². The number of hydrogen-bond acceptors (Lipinski definition) is 4. The molecule has 1 amide bonds. The van der Waals surface area contributed by atoms with Crippen LogP contribution in [0.5, 0.6) is 0 Å². The number of nitro benzene ring substituents is 1. The maximum absolute atomic E-state index is 11.9. The molecule has 2 aromatic rings. The van der Waals surface area contributed by atoms with E-state index in [1.165, 1.54) is 31.2 Å². The number of nitrogens with one attached hydrogen (secondary N) is 1. The summed E-state index contributed by atoms with van der Waals surface area (Å²) in [5.74, 6) is -0.481. The second-order valence-electron chi connectivity index (χ2n) is 4.81. The Balaban J connectivity index is 2.07. The van der Waals surface area contributed by atoms with Crippen molar-refractivity contribution < 1.29 is 14.5 Å². The predicted molar refractivity (Wildman–Crippen MR) is 87.2 cm³/mol. The van der Waals surface area contributed by atoms with E-state index in [-0.39, 0.29) is 11.5 Å². The first kappa shape index (κ1) is 16.1. The number of benzene rings is 2. The monoisotopic (exact) mass is 310 g/mol. The van der Waals surface area contributed by atoms with E-state index in [4.69, 9.17) is 0 Å². The van der Waals surface area contributed by atoms with Crippen LogP contribution in [-0.4, -0.2) is 16.6 Å². The van der Waals surface area contributed by atoms with Gasteiger partial charge in [-0.25, -0.2) is 0 Å². The molecule has 0 aliphatic heterocycles. The molecule has 0 saturated carbocycles. The van der Waals surface area contributed by atoms with Crippen LogP contribution in [0.1, 0.15) is 22.8 Å². The number of non-ortho nitro benzene ring substituents is 1. The third-order valence-corrected chi connectivity index (χ3v) is 3.04. The van der Waals surface area contributed by atoms with Crippen LogP contribution in [0.25, 0.3) is 6.08 Å². The number of Topliss-reactive ketones (excluding diaryl/α,β-unsaturated/α-hetero) is 1. The van der Waals surface area contributed by atoms with E-state index in [0.717, 1.165) is 0 Å². The zero-order valence-corrected chi connectivity index (χ0v) is 12.4. The summed E-state index contributed by atoms with van der Waals surface area (Å²) in [7, 11) is 0. The van der Waals surface area contributed by atoms with Gasteiger partial charge in [-0.3, -0.25) is 19.7 Å². The Morgan fingerprint density at radius 1 is 1.13 bits per heavy atom. The fourth-order valence-electron chi connectivity index (χ4n) is 1.91. The molecular formula is C17H14N2O4. The molecule has 0 spiro atoms. The maximum Gasteiger partial charge on any atom is 0.270 e. The number of rotatable bonds is 5. The largest absolute Gasteiger partial charge is 0.322 e. The molecule has 6 heteroatoms. The summed E-state index contributed by atoms with van der Waals surface area (Å²) in [6.45, 7) is 1.45. The van der Waals surface area contributed by atoms with Crippen LogP contribution in [0.15, 0.2) is 54.6 Å². The van der Waals surface area contributed by atoms with E-state index >= 15 is 0 Å². The Kier molecular flexibility index (Phi) is 4.99. The zero-order chi connectivity index (χ0) is 16.8. The van der Waals surface area contributed by atoms with Crippen LogP contribution in [0.3, 0.4) is 0 Å². The standard InChI is InChI=1S/C17H14N2O4/c1-12(20)14-5-3-6-15(11-14)18-17(21)9-8-13-4-2-7-16(10-13)19(22)23/h2-11H,1H3,(H,18,21). The summed E-state index contributed by atoms with van der Waals surface area (Å²) in [6, 6.07) is 12.6. The molecule has 6 nitrogen and oxygen atoms in total. The third-order valence-electron chi connectivity index (χ3n) is 3.04.